The summed E-state index contributed by atoms with van der Waals surface area (Å²) in [6.07, 6.45) is 0.0122. The summed E-state index contributed by atoms with van der Waals surface area (Å²) in [4.78, 5) is 23.3. The van der Waals surface area contributed by atoms with Crippen molar-refractivity contribution in [2.24, 2.45) is 0 Å². The van der Waals surface area contributed by atoms with E-state index in [-0.39, 0.29) is 12.4 Å². The van der Waals surface area contributed by atoms with Crippen molar-refractivity contribution in [3.63, 3.8) is 0 Å². The van der Waals surface area contributed by atoms with Gasteiger partial charge >= 0.3 is 11.9 Å². The number of carboxylic acid groups (broad SMARTS) is 1. The van der Waals surface area contributed by atoms with Crippen LogP contribution in [0.25, 0.3) is 0 Å². The lowest BCUT2D eigenvalue weighted by Crippen LogP contribution is -2.11. The largest absolute Gasteiger partial charge is 0.481 e. The fourth-order valence-electron chi connectivity index (χ4n) is 1.48. The fourth-order valence-corrected chi connectivity index (χ4v) is 2.56. The van der Waals surface area contributed by atoms with Crippen LogP contribution in [0.5, 0.6) is 0 Å². The van der Waals surface area contributed by atoms with E-state index in [1.807, 2.05) is 13.8 Å². The van der Waals surface area contributed by atoms with E-state index in [1.165, 1.54) is 11.3 Å². The number of nitrogens with one attached hydrogen (secondary N) is 1. The van der Waals surface area contributed by atoms with E-state index in [0.29, 0.717) is 23.7 Å². The Balaban J connectivity index is 2.86. The summed E-state index contributed by atoms with van der Waals surface area (Å²) in [5.74, 6) is -1.23. The number of carboxylic acids is 1. The van der Waals surface area contributed by atoms with E-state index in [0.717, 1.165) is 10.4 Å². The third-order valence-corrected chi connectivity index (χ3v) is 3.65. The molecular formula is C12H17NO4S. The van der Waals surface area contributed by atoms with Gasteiger partial charge in [-0.15, -0.1) is 11.3 Å². The number of hydrogen-bond donors (Lipinski definition) is 2. The van der Waals surface area contributed by atoms with Crippen LogP contribution in [0.15, 0.2) is 0 Å². The van der Waals surface area contributed by atoms with Crippen molar-refractivity contribution in [3.05, 3.63) is 16.0 Å². The zero-order valence-corrected chi connectivity index (χ0v) is 11.5. The number of ether oxygens (including phenoxy) is 1. The molecule has 0 spiro atoms. The van der Waals surface area contributed by atoms with Crippen molar-refractivity contribution in [3.8, 4) is 0 Å². The van der Waals surface area contributed by atoms with Gasteiger partial charge in [0.15, 0.2) is 0 Å². The maximum Gasteiger partial charge on any atom is 0.341 e. The first kappa shape index (κ1) is 14.5. The molecule has 0 saturated heterocycles. The summed E-state index contributed by atoms with van der Waals surface area (Å²) in [5, 5.41) is 12.3. The molecule has 0 saturated carbocycles. The maximum absolute atomic E-state index is 11.8. The number of hydrogen-bond acceptors (Lipinski definition) is 5. The molecule has 0 aliphatic rings. The Labute approximate surface area is 110 Å². The van der Waals surface area contributed by atoms with E-state index in [4.69, 9.17) is 9.84 Å². The highest BCUT2D eigenvalue weighted by atomic mass is 32.1. The first-order chi connectivity index (χ1) is 8.47. The second kappa shape index (κ2) is 6.39. The summed E-state index contributed by atoms with van der Waals surface area (Å²) < 4.78 is 5.00. The van der Waals surface area contributed by atoms with Gasteiger partial charge in [-0.05, 0) is 26.3 Å². The molecule has 18 heavy (non-hydrogen) atoms. The smallest absolute Gasteiger partial charge is 0.341 e. The average Bonchev–Trinajstić information content (AvgIpc) is 2.55. The summed E-state index contributed by atoms with van der Waals surface area (Å²) in [7, 11) is 0. The Morgan fingerprint density at radius 1 is 1.39 bits per heavy atom. The van der Waals surface area contributed by atoms with Gasteiger partial charge in [-0.2, -0.15) is 0 Å². The standard InChI is InChI=1S/C12H17NO4S/c1-4-17-12(16)10-7(2)8(3)18-11(10)13-6-5-9(14)15/h13H,4-6H2,1-3H3,(H,14,15). The van der Waals surface area contributed by atoms with Crippen LogP contribution in [0.3, 0.4) is 0 Å². The lowest BCUT2D eigenvalue weighted by atomic mass is 10.1. The topological polar surface area (TPSA) is 75.6 Å². The number of aliphatic carboxylic acids is 1. The van der Waals surface area contributed by atoms with E-state index in [9.17, 15) is 9.59 Å². The van der Waals surface area contributed by atoms with Crippen molar-refractivity contribution in [1.82, 2.24) is 0 Å². The van der Waals surface area contributed by atoms with Crippen LogP contribution in [0, 0.1) is 13.8 Å². The zero-order chi connectivity index (χ0) is 13.7. The molecule has 100 valence electrons. The van der Waals surface area contributed by atoms with Crippen LogP contribution in [0.2, 0.25) is 0 Å². The molecule has 0 bridgehead atoms. The van der Waals surface area contributed by atoms with Crippen LogP contribution in [-0.4, -0.2) is 30.2 Å². The van der Waals surface area contributed by atoms with Gasteiger partial charge in [-0.1, -0.05) is 0 Å². The van der Waals surface area contributed by atoms with Gasteiger partial charge < -0.3 is 15.2 Å². The Kier molecular flexibility index (Phi) is 5.15. The molecule has 0 atom stereocenters. The second-order valence-electron chi connectivity index (χ2n) is 3.78. The predicted octanol–water partition coefficient (Wildman–Crippen LogP) is 2.43. The number of carbonyl (C=O) groups is 2. The van der Waals surface area contributed by atoms with Crippen LogP contribution in [0.1, 0.15) is 34.1 Å². The van der Waals surface area contributed by atoms with Gasteiger partial charge in [0.05, 0.1) is 18.6 Å². The Morgan fingerprint density at radius 3 is 2.61 bits per heavy atom. The summed E-state index contributed by atoms with van der Waals surface area (Å²) in [6, 6.07) is 0. The minimum atomic E-state index is -0.870. The molecule has 0 aliphatic carbocycles. The number of thiophene rings is 1. The Bertz CT molecular complexity index is 453. The van der Waals surface area contributed by atoms with Gasteiger partial charge in [0, 0.05) is 11.4 Å². The van der Waals surface area contributed by atoms with Gasteiger partial charge in [0.2, 0.25) is 0 Å². The first-order valence-corrected chi connectivity index (χ1v) is 6.51. The molecule has 5 nitrogen and oxygen atoms in total. The van der Waals surface area contributed by atoms with Crippen molar-refractivity contribution in [1.29, 1.82) is 0 Å². The van der Waals surface area contributed by atoms with Crippen LogP contribution < -0.4 is 5.32 Å². The molecule has 1 rings (SSSR count). The molecule has 6 heteroatoms. The predicted molar refractivity (Wildman–Crippen MR) is 70.5 cm³/mol. The van der Waals surface area contributed by atoms with E-state index in [1.54, 1.807) is 6.92 Å². The number of anilines is 1. The van der Waals surface area contributed by atoms with E-state index in [2.05, 4.69) is 5.32 Å². The summed E-state index contributed by atoms with van der Waals surface area (Å²) in [6.45, 7) is 6.15. The molecule has 0 aliphatic heterocycles. The molecule has 1 aromatic heterocycles. The first-order valence-electron chi connectivity index (χ1n) is 5.70. The van der Waals surface area contributed by atoms with Crippen molar-refractivity contribution >= 4 is 28.3 Å². The monoisotopic (exact) mass is 271 g/mol. The lowest BCUT2D eigenvalue weighted by molar-refractivity contribution is -0.136. The molecule has 0 radical (unpaired) electrons. The third-order valence-electron chi connectivity index (χ3n) is 2.49. The van der Waals surface area contributed by atoms with Gasteiger partial charge in [-0.3, -0.25) is 4.79 Å². The van der Waals surface area contributed by atoms with Gasteiger partial charge in [0.25, 0.3) is 0 Å². The molecule has 0 amide bonds. The quantitative estimate of drug-likeness (QED) is 0.777. The highest BCUT2D eigenvalue weighted by Crippen LogP contribution is 2.32. The van der Waals surface area contributed by atoms with Crippen LogP contribution in [-0.2, 0) is 9.53 Å². The molecule has 1 aromatic rings. The molecule has 2 N–H and O–H groups in total. The van der Waals surface area contributed by atoms with Crippen LogP contribution >= 0.6 is 11.3 Å². The number of esters is 1. The molecular weight excluding hydrogens is 254 g/mol. The summed E-state index contributed by atoms with van der Waals surface area (Å²) >= 11 is 1.44. The normalized spacial score (nSPS) is 10.2. The molecule has 0 aromatic carbocycles. The highest BCUT2D eigenvalue weighted by molar-refractivity contribution is 7.16. The average molecular weight is 271 g/mol. The summed E-state index contributed by atoms with van der Waals surface area (Å²) in [5.41, 5.74) is 1.40. The second-order valence-corrected chi connectivity index (χ2v) is 5.00. The number of rotatable bonds is 6. The minimum Gasteiger partial charge on any atom is -0.481 e. The third kappa shape index (κ3) is 3.46. The minimum absolute atomic E-state index is 0.0122. The fraction of sp³-hybridized carbons (Fsp3) is 0.500. The molecule has 0 fully saturated rings. The van der Waals surface area contributed by atoms with Crippen molar-refractivity contribution < 1.29 is 19.4 Å². The molecule has 0 unspecified atom stereocenters. The maximum atomic E-state index is 11.8. The zero-order valence-electron chi connectivity index (χ0n) is 10.7. The van der Waals surface area contributed by atoms with Crippen molar-refractivity contribution in [2.75, 3.05) is 18.5 Å². The van der Waals surface area contributed by atoms with Gasteiger partial charge in [0.1, 0.15) is 5.00 Å². The van der Waals surface area contributed by atoms with E-state index >= 15 is 0 Å². The van der Waals surface area contributed by atoms with Crippen LogP contribution in [0.4, 0.5) is 5.00 Å². The highest BCUT2D eigenvalue weighted by Gasteiger charge is 2.20. The number of aryl methyl sites for hydroxylation is 1. The lowest BCUT2D eigenvalue weighted by Gasteiger charge is -2.06. The molecule has 1 heterocycles. The Morgan fingerprint density at radius 2 is 2.06 bits per heavy atom. The van der Waals surface area contributed by atoms with Gasteiger partial charge in [-0.25, -0.2) is 4.79 Å². The SMILES string of the molecule is CCOC(=O)c1c(NCCC(=O)O)sc(C)c1C. The van der Waals surface area contributed by atoms with E-state index < -0.39 is 5.97 Å². The van der Waals surface area contributed by atoms with Crippen molar-refractivity contribution in [2.45, 2.75) is 27.2 Å². The Hall–Kier alpha value is -1.56. The number of carbonyl (C=O) groups excluding carboxylic acids is 1.